The lowest BCUT2D eigenvalue weighted by Crippen LogP contribution is -2.23. The minimum Gasteiger partial charge on any atom is -0.487 e. The molecule has 2 aliphatic rings. The first kappa shape index (κ1) is 16.9. The second kappa shape index (κ2) is 6.65. The summed E-state index contributed by atoms with van der Waals surface area (Å²) in [7, 11) is 0. The number of fused-ring (bicyclic) bond motifs is 6. The molecule has 6 heteroatoms. The molecule has 0 N–H and O–H groups in total. The minimum atomic E-state index is -0.480. The van der Waals surface area contributed by atoms with E-state index in [2.05, 4.69) is 0 Å². The fourth-order valence-corrected chi connectivity index (χ4v) is 4.05. The van der Waals surface area contributed by atoms with E-state index in [1.807, 2.05) is 0 Å². The average molecular weight is 385 g/mol. The van der Waals surface area contributed by atoms with E-state index in [1.165, 1.54) is 12.1 Å². The number of halogens is 4. The SMILES string of the molecule is Fc1cc(Cl)cc2c1O[C@@H]1CCC[C@H](C2)Oc2c(F)cc(Cl)cc2C1. The molecule has 2 atom stereocenters. The van der Waals surface area contributed by atoms with Crippen molar-refractivity contribution in [1.29, 1.82) is 0 Å². The molecule has 0 unspecified atom stereocenters. The van der Waals surface area contributed by atoms with E-state index in [0.717, 1.165) is 19.3 Å². The molecule has 132 valence electrons. The van der Waals surface area contributed by atoms with E-state index in [4.69, 9.17) is 32.7 Å². The summed E-state index contributed by atoms with van der Waals surface area (Å²) in [6.45, 7) is 0. The Labute approximate surface area is 154 Å². The highest BCUT2D eigenvalue weighted by molar-refractivity contribution is 6.31. The van der Waals surface area contributed by atoms with Crippen LogP contribution >= 0.6 is 23.2 Å². The molecule has 0 saturated heterocycles. The molecule has 25 heavy (non-hydrogen) atoms. The van der Waals surface area contributed by atoms with E-state index in [1.54, 1.807) is 12.1 Å². The predicted molar refractivity (Wildman–Crippen MR) is 92.9 cm³/mol. The zero-order valence-corrected chi connectivity index (χ0v) is 14.8. The highest BCUT2D eigenvalue weighted by Gasteiger charge is 2.29. The summed E-state index contributed by atoms with van der Waals surface area (Å²) < 4.78 is 40.9. The maximum Gasteiger partial charge on any atom is 0.166 e. The molecule has 0 amide bonds. The van der Waals surface area contributed by atoms with Crippen LogP contribution < -0.4 is 9.47 Å². The Morgan fingerprint density at radius 1 is 0.760 bits per heavy atom. The molecule has 0 fully saturated rings. The largest absolute Gasteiger partial charge is 0.487 e. The van der Waals surface area contributed by atoms with Gasteiger partial charge < -0.3 is 9.47 Å². The second-order valence-electron chi connectivity index (χ2n) is 6.57. The summed E-state index contributed by atoms with van der Waals surface area (Å²) in [6, 6.07) is 5.89. The third-order valence-electron chi connectivity index (χ3n) is 4.69. The number of ether oxygens (including phenoxy) is 2. The summed E-state index contributed by atoms with van der Waals surface area (Å²) in [5.41, 5.74) is 1.31. The van der Waals surface area contributed by atoms with Gasteiger partial charge in [0.1, 0.15) is 12.2 Å². The van der Waals surface area contributed by atoms with Crippen LogP contribution in [0.2, 0.25) is 10.0 Å². The Bertz CT molecular complexity index is 758. The van der Waals surface area contributed by atoms with Crippen LogP contribution in [0, 0.1) is 11.6 Å². The average Bonchev–Trinajstić information content (AvgIpc) is 2.65. The standard InChI is InChI=1S/C19H16Cl2F2O2/c20-12-4-10-6-14-2-1-3-15(25-19(10)17(23)9-12)7-11-5-13(21)8-16(22)18(11)24-14/h4-5,8-9,14-15H,1-3,6-7H2/t14-,15-/m1/s1. The number of hydrogen-bond donors (Lipinski definition) is 0. The smallest absolute Gasteiger partial charge is 0.166 e. The van der Waals surface area contributed by atoms with Gasteiger partial charge in [-0.15, -0.1) is 0 Å². The van der Waals surface area contributed by atoms with Crippen LogP contribution in [0.4, 0.5) is 8.78 Å². The zero-order chi connectivity index (χ0) is 17.6. The van der Waals surface area contributed by atoms with E-state index >= 15 is 0 Å². The quantitative estimate of drug-likeness (QED) is 0.575. The predicted octanol–water partition coefficient (Wildman–Crippen LogP) is 5.75. The maximum absolute atomic E-state index is 14.4. The lowest BCUT2D eigenvalue weighted by molar-refractivity contribution is 0.179. The van der Waals surface area contributed by atoms with Gasteiger partial charge in [0.25, 0.3) is 0 Å². The van der Waals surface area contributed by atoms with Crippen molar-refractivity contribution in [1.82, 2.24) is 0 Å². The van der Waals surface area contributed by atoms with Crippen LogP contribution in [0.3, 0.4) is 0 Å². The Morgan fingerprint density at radius 3 is 1.64 bits per heavy atom. The Hall–Kier alpha value is -1.52. The van der Waals surface area contributed by atoms with E-state index in [0.29, 0.717) is 34.0 Å². The van der Waals surface area contributed by atoms with Gasteiger partial charge in [0.2, 0.25) is 0 Å². The van der Waals surface area contributed by atoms with Gasteiger partial charge in [-0.2, -0.15) is 0 Å². The van der Waals surface area contributed by atoms with Crippen molar-refractivity contribution in [3.8, 4) is 11.5 Å². The molecule has 2 aliphatic heterocycles. The van der Waals surface area contributed by atoms with Crippen molar-refractivity contribution in [2.75, 3.05) is 0 Å². The summed E-state index contributed by atoms with van der Waals surface area (Å²) in [6.07, 6.45) is 2.55. The van der Waals surface area contributed by atoms with Crippen LogP contribution in [0.25, 0.3) is 0 Å². The Morgan fingerprint density at radius 2 is 1.20 bits per heavy atom. The van der Waals surface area contributed by atoms with Crippen LogP contribution in [0.15, 0.2) is 24.3 Å². The molecule has 2 heterocycles. The highest BCUT2D eigenvalue weighted by atomic mass is 35.5. The minimum absolute atomic E-state index is 0.218. The lowest BCUT2D eigenvalue weighted by Gasteiger charge is -2.25. The number of rotatable bonds is 0. The molecule has 4 rings (SSSR count). The van der Waals surface area contributed by atoms with Gasteiger partial charge in [-0.3, -0.25) is 0 Å². The second-order valence-corrected chi connectivity index (χ2v) is 7.44. The molecule has 0 aromatic heterocycles. The molecule has 2 aromatic carbocycles. The van der Waals surface area contributed by atoms with Crippen LogP contribution in [0.5, 0.6) is 11.5 Å². The molecular formula is C19H16Cl2F2O2. The third-order valence-corrected chi connectivity index (χ3v) is 5.12. The molecular weight excluding hydrogens is 369 g/mol. The first-order valence-electron chi connectivity index (χ1n) is 8.29. The molecule has 2 aromatic rings. The summed E-state index contributed by atoms with van der Waals surface area (Å²) in [4.78, 5) is 0. The molecule has 0 saturated carbocycles. The lowest BCUT2D eigenvalue weighted by atomic mass is 10.0. The highest BCUT2D eigenvalue weighted by Crippen LogP contribution is 2.37. The van der Waals surface area contributed by atoms with Crippen LogP contribution in [0.1, 0.15) is 30.4 Å². The van der Waals surface area contributed by atoms with Gasteiger partial charge in [-0.1, -0.05) is 23.2 Å². The summed E-state index contributed by atoms with van der Waals surface area (Å²) in [5.74, 6) is -0.524. The Balaban J connectivity index is 1.83. The molecule has 0 radical (unpaired) electrons. The third kappa shape index (κ3) is 3.42. The zero-order valence-electron chi connectivity index (χ0n) is 13.3. The summed E-state index contributed by atoms with van der Waals surface area (Å²) in [5, 5.41) is 0.620. The van der Waals surface area contributed by atoms with Crippen molar-refractivity contribution in [2.24, 2.45) is 0 Å². The molecule has 0 spiro atoms. The molecule has 0 aliphatic carbocycles. The number of benzene rings is 2. The number of hydrogen-bond acceptors (Lipinski definition) is 2. The first-order valence-corrected chi connectivity index (χ1v) is 9.04. The van der Waals surface area contributed by atoms with Crippen molar-refractivity contribution in [3.63, 3.8) is 0 Å². The van der Waals surface area contributed by atoms with Gasteiger partial charge in [0.05, 0.1) is 0 Å². The van der Waals surface area contributed by atoms with E-state index in [-0.39, 0.29) is 23.7 Å². The van der Waals surface area contributed by atoms with Crippen molar-refractivity contribution in [3.05, 3.63) is 57.1 Å². The molecule has 2 nitrogen and oxygen atoms in total. The van der Waals surface area contributed by atoms with Crippen molar-refractivity contribution in [2.45, 2.75) is 44.3 Å². The Kier molecular flexibility index (Phi) is 4.50. The van der Waals surface area contributed by atoms with E-state index < -0.39 is 11.6 Å². The maximum atomic E-state index is 14.4. The van der Waals surface area contributed by atoms with Crippen LogP contribution in [-0.4, -0.2) is 12.2 Å². The van der Waals surface area contributed by atoms with Crippen molar-refractivity contribution < 1.29 is 18.3 Å². The van der Waals surface area contributed by atoms with E-state index in [9.17, 15) is 8.78 Å². The fraction of sp³-hybridized carbons (Fsp3) is 0.368. The van der Waals surface area contributed by atoms with Gasteiger partial charge in [-0.25, -0.2) is 8.78 Å². The van der Waals surface area contributed by atoms with Gasteiger partial charge in [0, 0.05) is 34.0 Å². The molecule has 2 bridgehead atoms. The van der Waals surface area contributed by atoms with Crippen LogP contribution in [-0.2, 0) is 12.8 Å². The van der Waals surface area contributed by atoms with Gasteiger partial charge in [-0.05, 0) is 43.5 Å². The van der Waals surface area contributed by atoms with Gasteiger partial charge in [0.15, 0.2) is 23.1 Å². The topological polar surface area (TPSA) is 18.5 Å². The fourth-order valence-electron chi connectivity index (χ4n) is 3.60. The normalized spacial score (nSPS) is 22.2. The van der Waals surface area contributed by atoms with Gasteiger partial charge >= 0.3 is 0 Å². The monoisotopic (exact) mass is 384 g/mol. The summed E-state index contributed by atoms with van der Waals surface area (Å²) >= 11 is 12.0. The first-order chi connectivity index (χ1) is 12.0. The van der Waals surface area contributed by atoms with Crippen molar-refractivity contribution >= 4 is 23.2 Å².